The quantitative estimate of drug-likeness (QED) is 0.488. The zero-order valence-electron chi connectivity index (χ0n) is 11.9. The summed E-state index contributed by atoms with van der Waals surface area (Å²) < 4.78 is 0.0450. The topological polar surface area (TPSA) is 17.1 Å². The normalized spacial score (nSPS) is 11.1. The molecule has 0 N–H and O–H groups in total. The van der Waals surface area contributed by atoms with E-state index in [1.165, 1.54) is 0 Å². The zero-order valence-corrected chi connectivity index (χ0v) is 14.4. The highest BCUT2D eigenvalue weighted by Crippen LogP contribution is 2.58. The number of carbonyl (C=O) groups is 1. The Hall–Kier alpha value is -1.76. The van der Waals surface area contributed by atoms with Gasteiger partial charge in [-0.25, -0.2) is 4.79 Å². The Labute approximate surface area is 139 Å². The van der Waals surface area contributed by atoms with E-state index < -0.39 is 7.26 Å². The van der Waals surface area contributed by atoms with Crippen molar-refractivity contribution in [2.24, 2.45) is 0 Å². The van der Waals surface area contributed by atoms with Gasteiger partial charge in [0.15, 0.2) is 7.26 Å². The highest BCUT2D eigenvalue weighted by atomic mass is 79.9. The molecule has 0 unspecified atom stereocenters. The van der Waals surface area contributed by atoms with E-state index in [9.17, 15) is 4.79 Å². The van der Waals surface area contributed by atoms with Gasteiger partial charge < -0.3 is 0 Å². The van der Waals surface area contributed by atoms with Crippen molar-refractivity contribution in [1.82, 2.24) is 0 Å². The van der Waals surface area contributed by atoms with Crippen LogP contribution >= 0.6 is 23.2 Å². The van der Waals surface area contributed by atoms with Gasteiger partial charge in [-0.1, -0.05) is 54.6 Å². The molecule has 0 bridgehead atoms. The summed E-state index contributed by atoms with van der Waals surface area (Å²) in [6, 6.07) is 30.2. The van der Waals surface area contributed by atoms with Crippen LogP contribution in [0.2, 0.25) is 0 Å². The maximum absolute atomic E-state index is 12.8. The highest BCUT2D eigenvalue weighted by Gasteiger charge is 2.52. The Bertz CT molecular complexity index is 661. The van der Waals surface area contributed by atoms with Gasteiger partial charge in [0, 0.05) is 15.9 Å². The van der Waals surface area contributed by atoms with Crippen molar-refractivity contribution in [3.63, 3.8) is 0 Å². The molecule has 0 fully saturated rings. The van der Waals surface area contributed by atoms with E-state index in [0.717, 1.165) is 15.9 Å². The lowest BCUT2D eigenvalue weighted by atomic mass is 10.4. The Balaban J connectivity index is 2.37. The smallest absolute Gasteiger partial charge is 0.238 e. The number of benzene rings is 3. The van der Waals surface area contributed by atoms with Crippen LogP contribution < -0.4 is 15.9 Å². The monoisotopic (exact) mass is 369 g/mol. The fourth-order valence-corrected chi connectivity index (χ4v) is 7.91. The average molecular weight is 370 g/mol. The van der Waals surface area contributed by atoms with Crippen LogP contribution in [-0.4, -0.2) is 4.43 Å². The van der Waals surface area contributed by atoms with E-state index in [4.69, 9.17) is 0 Å². The fourth-order valence-electron chi connectivity index (χ4n) is 2.71. The molecule has 1 nitrogen and oxygen atoms in total. The van der Waals surface area contributed by atoms with Crippen LogP contribution in [-0.2, 0) is 0 Å². The van der Waals surface area contributed by atoms with Gasteiger partial charge in [-0.3, -0.25) is 0 Å². The van der Waals surface area contributed by atoms with Crippen LogP contribution in [0.1, 0.15) is 0 Å². The molecule has 0 aromatic heterocycles. The standard InChI is InChI=1S/C19H15BrOP/c20-19(21)22(16-10-4-1-5-11-16,17-12-6-2-7-13-17)18-14-8-3-9-15-18/h1-15H/q+1. The van der Waals surface area contributed by atoms with Gasteiger partial charge in [-0.05, 0) is 36.4 Å². The summed E-state index contributed by atoms with van der Waals surface area (Å²) in [7, 11) is -2.35. The minimum Gasteiger partial charge on any atom is -0.238 e. The van der Waals surface area contributed by atoms with Gasteiger partial charge in [0.2, 0.25) is 0 Å². The molecule has 3 aromatic rings. The summed E-state index contributed by atoms with van der Waals surface area (Å²) in [6.45, 7) is 0. The van der Waals surface area contributed by atoms with Gasteiger partial charge in [0.05, 0.1) is 0 Å². The third-order valence-corrected chi connectivity index (χ3v) is 9.04. The van der Waals surface area contributed by atoms with Crippen LogP contribution in [0.4, 0.5) is 4.79 Å². The lowest BCUT2D eigenvalue weighted by Gasteiger charge is -2.22. The number of hydrogen-bond acceptors (Lipinski definition) is 1. The van der Waals surface area contributed by atoms with Crippen molar-refractivity contribution in [3.05, 3.63) is 91.0 Å². The molecule has 0 aliphatic rings. The molecule has 3 rings (SSSR count). The second-order valence-electron chi connectivity index (χ2n) is 4.93. The average Bonchev–Trinajstić information content (AvgIpc) is 2.58. The Kier molecular flexibility index (Phi) is 4.52. The summed E-state index contributed by atoms with van der Waals surface area (Å²) in [5.41, 5.74) is 0. The summed E-state index contributed by atoms with van der Waals surface area (Å²) in [6.07, 6.45) is 0. The van der Waals surface area contributed by atoms with Crippen LogP contribution in [0.5, 0.6) is 0 Å². The largest absolute Gasteiger partial charge is 0.347 e. The second-order valence-corrected chi connectivity index (χ2v) is 9.56. The molecule has 108 valence electrons. The molecule has 0 amide bonds. The van der Waals surface area contributed by atoms with Crippen LogP contribution in [0, 0.1) is 0 Å². The molecule has 0 saturated heterocycles. The van der Waals surface area contributed by atoms with Crippen molar-refractivity contribution >= 4 is 43.5 Å². The molecule has 0 atom stereocenters. The van der Waals surface area contributed by atoms with Crippen molar-refractivity contribution in [2.45, 2.75) is 0 Å². The second kappa shape index (κ2) is 6.56. The number of hydrogen-bond donors (Lipinski definition) is 0. The van der Waals surface area contributed by atoms with Gasteiger partial charge in [-0.2, -0.15) is 0 Å². The molecule has 0 saturated carbocycles. The maximum Gasteiger partial charge on any atom is 0.347 e. The third-order valence-electron chi connectivity index (χ3n) is 3.69. The Morgan fingerprint density at radius 2 is 0.864 bits per heavy atom. The summed E-state index contributed by atoms with van der Waals surface area (Å²) in [5.74, 6) is 0. The molecule has 0 heterocycles. The molecule has 0 aliphatic carbocycles. The van der Waals surface area contributed by atoms with Crippen molar-refractivity contribution in [3.8, 4) is 0 Å². The minimum absolute atomic E-state index is 0.0450. The lowest BCUT2D eigenvalue weighted by Crippen LogP contribution is -2.33. The first-order valence-corrected chi connectivity index (χ1v) is 9.60. The molecule has 0 radical (unpaired) electrons. The van der Waals surface area contributed by atoms with Crippen LogP contribution in [0.25, 0.3) is 0 Å². The van der Waals surface area contributed by atoms with Crippen molar-refractivity contribution in [2.75, 3.05) is 0 Å². The van der Waals surface area contributed by atoms with E-state index in [2.05, 4.69) is 15.9 Å². The van der Waals surface area contributed by atoms with Crippen molar-refractivity contribution < 1.29 is 4.79 Å². The maximum atomic E-state index is 12.8. The Morgan fingerprint density at radius 3 is 1.09 bits per heavy atom. The van der Waals surface area contributed by atoms with Gasteiger partial charge in [0.1, 0.15) is 15.9 Å². The Morgan fingerprint density at radius 1 is 0.591 bits per heavy atom. The molecule has 22 heavy (non-hydrogen) atoms. The number of halogens is 1. The van der Waals surface area contributed by atoms with Gasteiger partial charge in [-0.15, -0.1) is 0 Å². The van der Waals surface area contributed by atoms with Crippen molar-refractivity contribution in [1.29, 1.82) is 0 Å². The summed E-state index contributed by atoms with van der Waals surface area (Å²) in [4.78, 5) is 12.8. The zero-order chi connectivity index (χ0) is 15.4. The first kappa shape index (κ1) is 15.1. The lowest BCUT2D eigenvalue weighted by molar-refractivity contribution is 0.276. The van der Waals surface area contributed by atoms with E-state index in [1.807, 2.05) is 91.0 Å². The minimum atomic E-state index is -2.35. The number of carbonyl (C=O) groups excluding carboxylic acids is 1. The number of rotatable bonds is 4. The van der Waals surface area contributed by atoms with E-state index in [1.54, 1.807) is 0 Å². The van der Waals surface area contributed by atoms with Gasteiger partial charge in [0.25, 0.3) is 0 Å². The van der Waals surface area contributed by atoms with E-state index in [-0.39, 0.29) is 4.43 Å². The molecular weight excluding hydrogens is 355 g/mol. The molecule has 0 aliphatic heterocycles. The molecule has 3 heteroatoms. The summed E-state index contributed by atoms with van der Waals surface area (Å²) in [5, 5.41) is 3.19. The first-order valence-electron chi connectivity index (χ1n) is 7.02. The SMILES string of the molecule is O=C(Br)[P+](c1ccccc1)(c1ccccc1)c1ccccc1. The van der Waals surface area contributed by atoms with E-state index in [0.29, 0.717) is 0 Å². The first-order chi connectivity index (χ1) is 10.8. The molecule has 3 aromatic carbocycles. The summed E-state index contributed by atoms with van der Waals surface area (Å²) >= 11 is 3.32. The highest BCUT2D eigenvalue weighted by molar-refractivity contribution is 9.21. The predicted molar refractivity (Wildman–Crippen MR) is 99.5 cm³/mol. The van der Waals surface area contributed by atoms with E-state index >= 15 is 0 Å². The van der Waals surface area contributed by atoms with Crippen LogP contribution in [0.3, 0.4) is 0 Å². The molecular formula is C19H15BrOP+. The third kappa shape index (κ3) is 2.54. The van der Waals surface area contributed by atoms with Crippen LogP contribution in [0.15, 0.2) is 91.0 Å². The predicted octanol–water partition coefficient (Wildman–Crippen LogP) is 4.50. The molecule has 0 spiro atoms. The fraction of sp³-hybridized carbons (Fsp3) is 0. The van der Waals surface area contributed by atoms with Gasteiger partial charge >= 0.3 is 4.43 Å².